The summed E-state index contributed by atoms with van der Waals surface area (Å²) in [6, 6.07) is 7.96. The zero-order valence-corrected chi connectivity index (χ0v) is 16.7. The zero-order chi connectivity index (χ0) is 19.1. The molecule has 7 heteroatoms. The second-order valence-electron chi connectivity index (χ2n) is 7.24. The van der Waals surface area contributed by atoms with Crippen molar-refractivity contribution in [3.8, 4) is 0 Å². The summed E-state index contributed by atoms with van der Waals surface area (Å²) < 4.78 is 0. The van der Waals surface area contributed by atoms with Gasteiger partial charge in [-0.05, 0) is 43.5 Å². The van der Waals surface area contributed by atoms with E-state index in [4.69, 9.17) is 17.3 Å². The van der Waals surface area contributed by atoms with E-state index in [1.165, 1.54) is 5.69 Å². The van der Waals surface area contributed by atoms with Crippen LogP contribution in [0.1, 0.15) is 32.1 Å². The van der Waals surface area contributed by atoms with Crippen molar-refractivity contribution < 1.29 is 4.79 Å². The van der Waals surface area contributed by atoms with E-state index in [9.17, 15) is 4.79 Å². The molecule has 2 fully saturated rings. The van der Waals surface area contributed by atoms with Gasteiger partial charge in [0.2, 0.25) is 5.91 Å². The van der Waals surface area contributed by atoms with E-state index >= 15 is 0 Å². The number of nitrogens with zero attached hydrogens (tertiary/aromatic N) is 4. The molecule has 0 atom stereocenters. The molecule has 1 aromatic carbocycles. The summed E-state index contributed by atoms with van der Waals surface area (Å²) in [6.45, 7) is 5.92. The molecule has 148 valence electrons. The van der Waals surface area contributed by atoms with Gasteiger partial charge in [0.05, 0.1) is 0 Å². The number of amides is 1. The maximum absolute atomic E-state index is 12.0. The quantitative estimate of drug-likeness (QED) is 0.476. The average Bonchev–Trinajstić information content (AvgIpc) is 2.90. The highest BCUT2D eigenvalue weighted by molar-refractivity contribution is 6.30. The first-order chi connectivity index (χ1) is 13.1. The number of nitrogens with two attached hydrogens (primary N) is 1. The van der Waals surface area contributed by atoms with Gasteiger partial charge >= 0.3 is 0 Å². The number of likely N-dealkylation sites (tertiary alicyclic amines) is 1. The number of rotatable bonds is 5. The van der Waals surface area contributed by atoms with E-state index in [0.29, 0.717) is 24.8 Å². The van der Waals surface area contributed by atoms with Crippen molar-refractivity contribution in [2.24, 2.45) is 10.7 Å². The first-order valence-electron chi connectivity index (χ1n) is 9.96. The van der Waals surface area contributed by atoms with Crippen molar-refractivity contribution in [1.82, 2.24) is 9.80 Å². The van der Waals surface area contributed by atoms with Gasteiger partial charge in [-0.3, -0.25) is 9.79 Å². The summed E-state index contributed by atoms with van der Waals surface area (Å²) in [6.07, 6.45) is 4.88. The SMILES string of the molecule is NC(=NCCCN1CCCCCC1=O)N1CCN(c2ccc(Cl)cc2)CC1. The lowest BCUT2D eigenvalue weighted by Gasteiger charge is -2.36. The normalized spacial score (nSPS) is 19.4. The first-order valence-corrected chi connectivity index (χ1v) is 10.3. The molecular weight excluding hydrogens is 362 g/mol. The Morgan fingerprint density at radius 2 is 1.78 bits per heavy atom. The largest absolute Gasteiger partial charge is 0.370 e. The highest BCUT2D eigenvalue weighted by atomic mass is 35.5. The number of hydrogen-bond donors (Lipinski definition) is 1. The van der Waals surface area contributed by atoms with Gasteiger partial charge in [-0.25, -0.2) is 0 Å². The van der Waals surface area contributed by atoms with E-state index in [0.717, 1.165) is 70.0 Å². The molecule has 27 heavy (non-hydrogen) atoms. The highest BCUT2D eigenvalue weighted by Gasteiger charge is 2.19. The summed E-state index contributed by atoms with van der Waals surface area (Å²) in [5.41, 5.74) is 7.37. The van der Waals surface area contributed by atoms with Crippen molar-refractivity contribution >= 4 is 29.2 Å². The van der Waals surface area contributed by atoms with Crippen LogP contribution >= 0.6 is 11.6 Å². The number of anilines is 1. The maximum atomic E-state index is 12.0. The molecule has 2 N–H and O–H groups in total. The van der Waals surface area contributed by atoms with Crippen LogP contribution in [-0.2, 0) is 4.79 Å². The second-order valence-corrected chi connectivity index (χ2v) is 7.67. The molecule has 0 aromatic heterocycles. The van der Waals surface area contributed by atoms with Gasteiger partial charge in [0, 0.05) is 62.9 Å². The van der Waals surface area contributed by atoms with Gasteiger partial charge in [-0.1, -0.05) is 18.0 Å². The molecule has 1 aromatic rings. The molecule has 2 aliphatic rings. The number of carbonyl (C=O) groups excluding carboxylic acids is 1. The van der Waals surface area contributed by atoms with E-state index < -0.39 is 0 Å². The van der Waals surface area contributed by atoms with E-state index in [1.807, 2.05) is 17.0 Å². The molecule has 0 radical (unpaired) electrons. The second kappa shape index (κ2) is 9.83. The molecule has 6 nitrogen and oxygen atoms in total. The molecule has 0 bridgehead atoms. The molecule has 0 saturated carbocycles. The van der Waals surface area contributed by atoms with E-state index in [1.54, 1.807) is 0 Å². The van der Waals surface area contributed by atoms with Crippen LogP contribution in [0.5, 0.6) is 0 Å². The minimum Gasteiger partial charge on any atom is -0.370 e. The van der Waals surface area contributed by atoms with Crippen LogP contribution < -0.4 is 10.6 Å². The Morgan fingerprint density at radius 3 is 2.52 bits per heavy atom. The van der Waals surface area contributed by atoms with E-state index in [-0.39, 0.29) is 0 Å². The van der Waals surface area contributed by atoms with Crippen molar-refractivity contribution in [1.29, 1.82) is 0 Å². The average molecular weight is 392 g/mol. The summed E-state index contributed by atoms with van der Waals surface area (Å²) in [4.78, 5) is 23.0. The molecule has 3 rings (SSSR count). The molecular formula is C20H30ClN5O. The number of carbonyl (C=O) groups is 1. The number of piperazine rings is 1. The topological polar surface area (TPSA) is 65.2 Å². The molecule has 0 aliphatic carbocycles. The highest BCUT2D eigenvalue weighted by Crippen LogP contribution is 2.19. The van der Waals surface area contributed by atoms with E-state index in [2.05, 4.69) is 26.9 Å². The number of hydrogen-bond acceptors (Lipinski definition) is 3. The fraction of sp³-hybridized carbons (Fsp3) is 0.600. The number of aliphatic imine (C=N–C) groups is 1. The minimum atomic E-state index is 0.294. The van der Waals surface area contributed by atoms with Crippen LogP contribution in [0.2, 0.25) is 5.02 Å². The lowest BCUT2D eigenvalue weighted by Crippen LogP contribution is -2.51. The Hall–Kier alpha value is -1.95. The van der Waals surface area contributed by atoms with Gasteiger partial charge in [0.25, 0.3) is 0 Å². The molecule has 1 amide bonds. The van der Waals surface area contributed by atoms with Crippen LogP contribution in [0.4, 0.5) is 5.69 Å². The van der Waals surface area contributed by atoms with Crippen LogP contribution in [0, 0.1) is 0 Å². The minimum absolute atomic E-state index is 0.294. The third-order valence-corrected chi connectivity index (χ3v) is 5.58. The summed E-state index contributed by atoms with van der Waals surface area (Å²) >= 11 is 5.96. The van der Waals surface area contributed by atoms with Crippen molar-refractivity contribution in [2.45, 2.75) is 32.1 Å². The molecule has 2 aliphatic heterocycles. The lowest BCUT2D eigenvalue weighted by atomic mass is 10.2. The smallest absolute Gasteiger partial charge is 0.222 e. The summed E-state index contributed by atoms with van der Waals surface area (Å²) in [5.74, 6) is 0.913. The number of guanidine groups is 1. The predicted molar refractivity (Wildman–Crippen MR) is 111 cm³/mol. The fourth-order valence-corrected chi connectivity index (χ4v) is 3.80. The zero-order valence-electron chi connectivity index (χ0n) is 15.9. The van der Waals surface area contributed by atoms with Gasteiger partial charge in [0.1, 0.15) is 0 Å². The van der Waals surface area contributed by atoms with Crippen molar-refractivity contribution in [3.05, 3.63) is 29.3 Å². The standard InChI is InChI=1S/C20H30ClN5O/c21-17-6-8-18(9-7-17)24-13-15-26(16-14-24)20(22)23-10-4-12-25-11-3-1-2-5-19(25)27/h6-9H,1-5,10-16H2,(H2,22,23). The lowest BCUT2D eigenvalue weighted by molar-refractivity contribution is -0.130. The fourth-order valence-electron chi connectivity index (χ4n) is 3.68. The Balaban J connectivity index is 1.40. The van der Waals surface area contributed by atoms with Crippen LogP contribution in [0.15, 0.2) is 29.3 Å². The van der Waals surface area contributed by atoms with Crippen LogP contribution in [0.3, 0.4) is 0 Å². The van der Waals surface area contributed by atoms with Gasteiger partial charge < -0.3 is 20.4 Å². The number of benzene rings is 1. The van der Waals surface area contributed by atoms with Gasteiger partial charge in [-0.2, -0.15) is 0 Å². The maximum Gasteiger partial charge on any atom is 0.222 e. The Labute approximate surface area is 167 Å². The van der Waals surface area contributed by atoms with Crippen molar-refractivity contribution in [2.75, 3.05) is 50.7 Å². The van der Waals surface area contributed by atoms with Crippen LogP contribution in [-0.4, -0.2) is 67.5 Å². The molecule has 2 heterocycles. The Bertz CT molecular complexity index is 640. The number of halogens is 1. The molecule has 0 unspecified atom stereocenters. The molecule has 0 spiro atoms. The Kier molecular flexibility index (Phi) is 7.21. The van der Waals surface area contributed by atoms with Crippen LogP contribution in [0.25, 0.3) is 0 Å². The van der Waals surface area contributed by atoms with Gasteiger partial charge in [-0.15, -0.1) is 0 Å². The third-order valence-electron chi connectivity index (χ3n) is 5.33. The van der Waals surface area contributed by atoms with Gasteiger partial charge in [0.15, 0.2) is 5.96 Å². The Morgan fingerprint density at radius 1 is 1.04 bits per heavy atom. The third kappa shape index (κ3) is 5.76. The van der Waals surface area contributed by atoms with Crippen molar-refractivity contribution in [3.63, 3.8) is 0 Å². The predicted octanol–water partition coefficient (Wildman–Crippen LogP) is 2.57. The molecule has 2 saturated heterocycles. The monoisotopic (exact) mass is 391 g/mol. The summed E-state index contributed by atoms with van der Waals surface area (Å²) in [5, 5.41) is 0.760. The first kappa shape index (κ1) is 19.8. The summed E-state index contributed by atoms with van der Waals surface area (Å²) in [7, 11) is 0.